The van der Waals surface area contributed by atoms with Crippen molar-refractivity contribution < 1.29 is 20.1 Å². The normalized spacial score (nSPS) is 14.4. The molecule has 0 aliphatic heterocycles. The summed E-state index contributed by atoms with van der Waals surface area (Å²) in [7, 11) is 0. The number of carbonyl (C=O) groups is 2. The number of hydrogen-bond acceptors (Lipinski definition) is 3. The van der Waals surface area contributed by atoms with Crippen molar-refractivity contribution in [2.75, 3.05) is 6.61 Å². The third-order valence-electron chi connectivity index (χ3n) is 1.26. The molecule has 0 heterocycles. The van der Waals surface area contributed by atoms with E-state index in [0.29, 0.717) is 6.61 Å². The van der Waals surface area contributed by atoms with E-state index in [1.54, 1.807) is 13.8 Å². The first-order valence-electron chi connectivity index (χ1n) is 3.96. The molecule has 6 nitrogen and oxygen atoms in total. The molecule has 0 unspecified atom stereocenters. The van der Waals surface area contributed by atoms with Gasteiger partial charge in [0, 0.05) is 6.92 Å². The van der Waals surface area contributed by atoms with E-state index in [-0.39, 0.29) is 6.42 Å². The van der Waals surface area contributed by atoms with Gasteiger partial charge in [0.15, 0.2) is 5.66 Å². The molecule has 0 radical (unpaired) electrons. The molecule has 0 aliphatic rings. The van der Waals surface area contributed by atoms with Gasteiger partial charge >= 0.3 is 12.0 Å². The lowest BCUT2D eigenvalue weighted by Gasteiger charge is -2.19. The van der Waals surface area contributed by atoms with Gasteiger partial charge in [0.1, 0.15) is 6.42 Å². The highest BCUT2D eigenvalue weighted by Gasteiger charge is 2.28. The topological polar surface area (TPSA) is 109 Å². The minimum atomic E-state index is -0.905. The van der Waals surface area contributed by atoms with Gasteiger partial charge in [0.05, 0.1) is 6.61 Å². The van der Waals surface area contributed by atoms with Gasteiger partial charge in [-0.25, -0.2) is 4.79 Å². The van der Waals surface area contributed by atoms with Crippen LogP contribution < -0.4 is 16.8 Å². The summed E-state index contributed by atoms with van der Waals surface area (Å²) in [6, 6.07) is -0.707. The van der Waals surface area contributed by atoms with Crippen molar-refractivity contribution in [3.05, 3.63) is 0 Å². The van der Waals surface area contributed by atoms with Crippen molar-refractivity contribution in [2.45, 2.75) is 25.9 Å². The molecule has 0 fully saturated rings. The van der Waals surface area contributed by atoms with Crippen molar-refractivity contribution in [3.63, 3.8) is 0 Å². The number of esters is 1. The van der Waals surface area contributed by atoms with Gasteiger partial charge in [-0.05, 0) is 6.92 Å². The lowest BCUT2D eigenvalue weighted by atomic mass is 10.1. The van der Waals surface area contributed by atoms with Crippen LogP contribution in [0.2, 0.25) is 0 Å². The van der Waals surface area contributed by atoms with Gasteiger partial charge in [-0.2, -0.15) is 0 Å². The molecule has 0 bridgehead atoms. The van der Waals surface area contributed by atoms with Crippen LogP contribution in [0.3, 0.4) is 0 Å². The van der Waals surface area contributed by atoms with Crippen molar-refractivity contribution in [3.8, 4) is 0 Å². The largest absolute Gasteiger partial charge is 0.466 e. The molecule has 6 N–H and O–H groups in total. The lowest BCUT2D eigenvalue weighted by molar-refractivity contribution is -0.477. The molecule has 6 heteroatoms. The Labute approximate surface area is 76.6 Å². The van der Waals surface area contributed by atoms with E-state index in [2.05, 4.69) is 15.8 Å². The molecule has 76 valence electrons. The highest BCUT2D eigenvalue weighted by molar-refractivity contribution is 5.75. The summed E-state index contributed by atoms with van der Waals surface area (Å²) < 4.78 is 4.69. The first-order chi connectivity index (χ1) is 5.87. The Bertz CT molecular complexity index is 203. The number of ether oxygens (including phenoxy) is 1. The molecule has 2 amide bonds. The van der Waals surface area contributed by atoms with E-state index in [1.807, 2.05) is 0 Å². The molecule has 0 saturated carbocycles. The summed E-state index contributed by atoms with van der Waals surface area (Å²) in [5.74, 6) is -0.409. The number of rotatable bonds is 4. The summed E-state index contributed by atoms with van der Waals surface area (Å²) in [6.45, 7) is 3.61. The number of nitrogens with one attached hydrogen (secondary N) is 1. The Morgan fingerprint density at radius 3 is 2.54 bits per heavy atom. The zero-order valence-corrected chi connectivity index (χ0v) is 7.92. The first kappa shape index (κ1) is 11.7. The van der Waals surface area contributed by atoms with E-state index in [9.17, 15) is 9.59 Å². The fourth-order valence-electron chi connectivity index (χ4n) is 0.872. The number of primary amides is 1. The minimum absolute atomic E-state index is 0.00375. The van der Waals surface area contributed by atoms with E-state index in [0.717, 1.165) is 0 Å². The monoisotopic (exact) mass is 190 g/mol. The van der Waals surface area contributed by atoms with Crippen LogP contribution in [0.4, 0.5) is 4.79 Å². The Hall–Kier alpha value is -1.30. The van der Waals surface area contributed by atoms with Crippen LogP contribution in [-0.2, 0) is 9.53 Å². The zero-order chi connectivity index (χ0) is 10.5. The van der Waals surface area contributed by atoms with Gasteiger partial charge in [0.25, 0.3) is 0 Å². The molecule has 0 aromatic rings. The van der Waals surface area contributed by atoms with E-state index in [1.165, 1.54) is 0 Å². The Morgan fingerprint density at radius 2 is 2.15 bits per heavy atom. The Kier molecular flexibility index (Phi) is 4.19. The quantitative estimate of drug-likeness (QED) is 0.373. The molecule has 0 aliphatic carbocycles. The highest BCUT2D eigenvalue weighted by atomic mass is 16.5. The van der Waals surface area contributed by atoms with E-state index < -0.39 is 17.7 Å². The van der Waals surface area contributed by atoms with Crippen LogP contribution in [0, 0.1) is 0 Å². The van der Waals surface area contributed by atoms with Gasteiger partial charge in [-0.15, -0.1) is 0 Å². The zero-order valence-electron chi connectivity index (χ0n) is 7.92. The molecule has 0 saturated heterocycles. The average molecular weight is 190 g/mol. The maximum Gasteiger partial charge on any atom is 0.316 e. The van der Waals surface area contributed by atoms with Gasteiger partial charge in [-0.3, -0.25) is 10.1 Å². The maximum atomic E-state index is 11.0. The smallest absolute Gasteiger partial charge is 0.316 e. The second-order valence-corrected chi connectivity index (χ2v) is 3.03. The molecular weight excluding hydrogens is 174 g/mol. The first-order valence-corrected chi connectivity index (χ1v) is 3.96. The van der Waals surface area contributed by atoms with Crippen LogP contribution in [-0.4, -0.2) is 24.3 Å². The molecule has 0 aromatic heterocycles. The number of nitrogens with two attached hydrogens (primary N) is 1. The summed E-state index contributed by atoms with van der Waals surface area (Å²) >= 11 is 0. The third kappa shape index (κ3) is 5.92. The summed E-state index contributed by atoms with van der Waals surface area (Å²) in [4.78, 5) is 21.5. The fraction of sp³-hybridized carbons (Fsp3) is 0.714. The number of hydrogen-bond donors (Lipinski definition) is 3. The molecule has 0 spiro atoms. The number of quaternary nitrogens is 1. The second-order valence-electron chi connectivity index (χ2n) is 3.03. The van der Waals surface area contributed by atoms with Crippen molar-refractivity contribution in [1.82, 2.24) is 5.32 Å². The summed E-state index contributed by atoms with van der Waals surface area (Å²) in [5, 5.41) is 2.34. The maximum absolute atomic E-state index is 11.0. The molecule has 1 atom stereocenters. The van der Waals surface area contributed by atoms with Crippen molar-refractivity contribution in [1.29, 1.82) is 0 Å². The van der Waals surface area contributed by atoms with Crippen molar-refractivity contribution >= 4 is 12.0 Å². The second kappa shape index (κ2) is 4.66. The SMILES string of the molecule is CCOC(=O)C[C@@](C)([NH3+])NC(N)=O. The third-order valence-corrected chi connectivity index (χ3v) is 1.26. The van der Waals surface area contributed by atoms with Crippen LogP contribution >= 0.6 is 0 Å². The number of carbonyl (C=O) groups excluding carboxylic acids is 2. The Balaban J connectivity index is 4.00. The predicted octanol–water partition coefficient (Wildman–Crippen LogP) is -1.43. The average Bonchev–Trinajstić information content (AvgIpc) is 1.81. The van der Waals surface area contributed by atoms with Crippen LogP contribution in [0.25, 0.3) is 0 Å². The fourth-order valence-corrected chi connectivity index (χ4v) is 0.872. The predicted molar refractivity (Wildman–Crippen MR) is 45.3 cm³/mol. The standard InChI is InChI=1S/C7H15N3O3/c1-3-13-5(11)4-7(2,9)10-6(8)12/h3-4,9H2,1-2H3,(H3,8,10,12)/p+1/t7-/m0/s1. The van der Waals surface area contributed by atoms with Crippen LogP contribution in [0.1, 0.15) is 20.3 Å². The van der Waals surface area contributed by atoms with Crippen LogP contribution in [0.5, 0.6) is 0 Å². The van der Waals surface area contributed by atoms with E-state index in [4.69, 9.17) is 5.73 Å². The molecule has 0 aromatic carbocycles. The molecule has 0 rings (SSSR count). The number of urea groups is 1. The summed E-state index contributed by atoms with van der Waals surface area (Å²) in [6.07, 6.45) is 0.00375. The van der Waals surface area contributed by atoms with E-state index >= 15 is 0 Å². The van der Waals surface area contributed by atoms with Crippen molar-refractivity contribution in [2.24, 2.45) is 5.73 Å². The van der Waals surface area contributed by atoms with Gasteiger partial charge in [0.2, 0.25) is 0 Å². The highest BCUT2D eigenvalue weighted by Crippen LogP contribution is 1.99. The minimum Gasteiger partial charge on any atom is -0.466 e. The molecule has 13 heavy (non-hydrogen) atoms. The van der Waals surface area contributed by atoms with Gasteiger partial charge < -0.3 is 16.2 Å². The Morgan fingerprint density at radius 1 is 1.62 bits per heavy atom. The molecular formula is C7H16N3O3+. The van der Waals surface area contributed by atoms with Gasteiger partial charge in [-0.1, -0.05) is 0 Å². The van der Waals surface area contributed by atoms with Crippen LogP contribution in [0.15, 0.2) is 0 Å². The lowest BCUT2D eigenvalue weighted by Crippen LogP contribution is -2.79. The number of amides is 2. The summed E-state index contributed by atoms with van der Waals surface area (Å²) in [5.41, 5.74) is 7.60.